The molecule has 0 aromatic rings. The summed E-state index contributed by atoms with van der Waals surface area (Å²) in [5.41, 5.74) is 0. The highest BCUT2D eigenvalue weighted by molar-refractivity contribution is 5.76. The van der Waals surface area contributed by atoms with Gasteiger partial charge in [-0.15, -0.1) is 0 Å². The lowest BCUT2D eigenvalue weighted by Gasteiger charge is -2.48. The number of carbonyl (C=O) groups excluding carboxylic acids is 1. The fourth-order valence-electron chi connectivity index (χ4n) is 11.3. The van der Waals surface area contributed by atoms with E-state index in [0.29, 0.717) is 12.8 Å². The van der Waals surface area contributed by atoms with E-state index >= 15 is 0 Å². The lowest BCUT2D eigenvalue weighted by atomic mass is 9.96. The first-order chi connectivity index (χ1) is 41.8. The van der Waals surface area contributed by atoms with Crippen molar-refractivity contribution in [1.29, 1.82) is 0 Å². The molecule has 0 radical (unpaired) electrons. The summed E-state index contributed by atoms with van der Waals surface area (Å²) in [5, 5.41) is 120. The van der Waals surface area contributed by atoms with Crippen LogP contribution in [0.3, 0.4) is 0 Å². The summed E-state index contributed by atoms with van der Waals surface area (Å²) in [4.78, 5) is 13.4. The molecule has 0 aromatic carbocycles. The first-order valence-electron chi connectivity index (χ1n) is 33.9. The van der Waals surface area contributed by atoms with Crippen LogP contribution in [-0.2, 0) is 33.2 Å². The highest BCUT2D eigenvalue weighted by atomic mass is 16.8. The van der Waals surface area contributed by atoms with Crippen molar-refractivity contribution in [3.8, 4) is 0 Å². The lowest BCUT2D eigenvalue weighted by molar-refractivity contribution is -0.379. The van der Waals surface area contributed by atoms with E-state index in [1.54, 1.807) is 6.08 Å². The summed E-state index contributed by atoms with van der Waals surface area (Å²) in [5.74, 6) is -0.291. The van der Waals surface area contributed by atoms with Gasteiger partial charge in [-0.2, -0.15) is 0 Å². The van der Waals surface area contributed by atoms with Gasteiger partial charge in [0.2, 0.25) is 5.91 Å². The first-order valence-corrected chi connectivity index (χ1v) is 33.9. The van der Waals surface area contributed by atoms with Crippen molar-refractivity contribution in [3.63, 3.8) is 0 Å². The van der Waals surface area contributed by atoms with Crippen molar-refractivity contribution < 1.29 is 89.4 Å². The number of aliphatic hydroxyl groups excluding tert-OH is 11. The number of ether oxygens (including phenoxy) is 6. The molecule has 3 saturated heterocycles. The number of nitrogens with one attached hydrogen (secondary N) is 1. The normalized spacial score (nSPS) is 29.1. The minimum atomic E-state index is -1.98. The molecule has 17 atom stereocenters. The van der Waals surface area contributed by atoms with E-state index < -0.39 is 124 Å². The van der Waals surface area contributed by atoms with E-state index in [9.17, 15) is 61.0 Å². The molecule has 0 bridgehead atoms. The van der Waals surface area contributed by atoms with Crippen LogP contribution in [0.2, 0.25) is 0 Å². The molecule has 0 spiro atoms. The Balaban J connectivity index is 1.48. The van der Waals surface area contributed by atoms with Gasteiger partial charge in [0.25, 0.3) is 0 Å². The Morgan fingerprint density at radius 1 is 0.407 bits per heavy atom. The molecule has 3 rings (SSSR count). The number of amides is 1. The SMILES string of the molecule is CCCCCCCCCC/C=C\CCCCCCCCCCCC(=O)NC(COC1OC(CO)C(OC2OC(CO)C(OC3OC(CO)C(O)C(O)C3O)C(O)C2O)C(O)C1O)C(O)/C=C/CC/C=C/CC/C=C/CCCCCCCCCCCC. The van der Waals surface area contributed by atoms with Gasteiger partial charge in [-0.3, -0.25) is 4.79 Å². The zero-order valence-electron chi connectivity index (χ0n) is 52.8. The Morgan fingerprint density at radius 3 is 1.16 bits per heavy atom. The van der Waals surface area contributed by atoms with Crippen LogP contribution in [0.4, 0.5) is 0 Å². The summed E-state index contributed by atoms with van der Waals surface area (Å²) in [6.07, 6.45) is 30.8. The molecule has 0 saturated carbocycles. The quantitative estimate of drug-likeness (QED) is 0.0202. The van der Waals surface area contributed by atoms with Crippen LogP contribution in [0.15, 0.2) is 48.6 Å². The van der Waals surface area contributed by atoms with Crippen LogP contribution in [-0.4, -0.2) is 193 Å². The van der Waals surface area contributed by atoms with Crippen LogP contribution in [0.1, 0.15) is 239 Å². The molecule has 1 amide bonds. The van der Waals surface area contributed by atoms with Crippen LogP contribution >= 0.6 is 0 Å². The Hall–Kier alpha value is -2.25. The van der Waals surface area contributed by atoms with E-state index in [1.807, 2.05) is 6.08 Å². The predicted octanol–water partition coefficient (Wildman–Crippen LogP) is 8.22. The van der Waals surface area contributed by atoms with Gasteiger partial charge in [0, 0.05) is 6.42 Å². The maximum absolute atomic E-state index is 13.4. The molecule has 0 aliphatic carbocycles. The monoisotopic (exact) mass is 1230 g/mol. The average Bonchev–Trinajstić information content (AvgIpc) is 2.21. The third kappa shape index (κ3) is 31.7. The molecule has 0 aromatic heterocycles. The third-order valence-corrected chi connectivity index (χ3v) is 16.8. The molecule has 3 aliphatic rings. The smallest absolute Gasteiger partial charge is 0.220 e. The van der Waals surface area contributed by atoms with E-state index in [-0.39, 0.29) is 18.9 Å². The van der Waals surface area contributed by atoms with Gasteiger partial charge in [0.05, 0.1) is 38.6 Å². The summed E-state index contributed by atoms with van der Waals surface area (Å²) in [6, 6.07) is -0.998. The van der Waals surface area contributed by atoms with Gasteiger partial charge in [0.1, 0.15) is 73.2 Å². The van der Waals surface area contributed by atoms with Gasteiger partial charge >= 0.3 is 0 Å². The summed E-state index contributed by atoms with van der Waals surface area (Å²) >= 11 is 0. The van der Waals surface area contributed by atoms with E-state index in [0.717, 1.165) is 57.8 Å². The first kappa shape index (κ1) is 78.0. The molecule has 12 N–H and O–H groups in total. The maximum Gasteiger partial charge on any atom is 0.220 e. The van der Waals surface area contributed by atoms with E-state index in [4.69, 9.17) is 28.4 Å². The Kier molecular flexibility index (Phi) is 44.8. The van der Waals surface area contributed by atoms with Gasteiger partial charge in [-0.25, -0.2) is 0 Å². The van der Waals surface area contributed by atoms with Crippen molar-refractivity contribution in [2.45, 2.75) is 343 Å². The van der Waals surface area contributed by atoms with Gasteiger partial charge < -0.3 is 89.9 Å². The second kappa shape index (κ2) is 49.5. The van der Waals surface area contributed by atoms with Gasteiger partial charge in [-0.1, -0.05) is 210 Å². The molecule has 19 heteroatoms. The fraction of sp³-hybridized carbons (Fsp3) is 0.866. The molecule has 19 nitrogen and oxygen atoms in total. The molecule has 3 heterocycles. The Labute approximate surface area is 516 Å². The van der Waals surface area contributed by atoms with Crippen LogP contribution in [0, 0.1) is 0 Å². The number of allylic oxidation sites excluding steroid dienone is 7. The minimum Gasteiger partial charge on any atom is -0.394 e. The second-order valence-electron chi connectivity index (χ2n) is 24.3. The lowest BCUT2D eigenvalue weighted by Crippen LogP contribution is -2.66. The summed E-state index contributed by atoms with van der Waals surface area (Å²) in [6.45, 7) is 1.71. The standard InChI is InChI=1S/C67H121NO18/c1-3-5-7-9-11-13-15-17-19-21-23-25-27-29-31-33-35-37-39-41-43-45-55(73)68-50(51(72)44-42-40-38-36-34-32-30-28-26-24-22-20-18-16-14-12-10-8-6-4-2)49-81-65-61(79)58(76)63(53(47-70)83-65)86-67-62(80)59(77)64(54(48-71)84-67)85-66-60(78)57(75)56(74)52(46-69)82-66/h21,23,26,28,34,36,42,44,50-54,56-67,69-72,74-80H,3-20,22,24-25,27,29-33,35,37-41,43,45-49H2,1-2H3,(H,68,73)/b23-21-,28-26+,36-34+,44-42+. The van der Waals surface area contributed by atoms with Crippen molar-refractivity contribution in [2.75, 3.05) is 26.4 Å². The maximum atomic E-state index is 13.4. The average molecular weight is 1230 g/mol. The van der Waals surface area contributed by atoms with Gasteiger partial charge in [0.15, 0.2) is 18.9 Å². The molecule has 3 aliphatic heterocycles. The second-order valence-corrected chi connectivity index (χ2v) is 24.3. The van der Waals surface area contributed by atoms with Gasteiger partial charge in [-0.05, 0) is 70.6 Å². The van der Waals surface area contributed by atoms with E-state index in [1.165, 1.54) is 148 Å². The molecule has 502 valence electrons. The van der Waals surface area contributed by atoms with E-state index in [2.05, 4.69) is 55.6 Å². The zero-order chi connectivity index (χ0) is 62.6. The van der Waals surface area contributed by atoms with Crippen molar-refractivity contribution in [3.05, 3.63) is 48.6 Å². The molecule has 3 fully saturated rings. The van der Waals surface area contributed by atoms with Crippen molar-refractivity contribution in [2.24, 2.45) is 0 Å². The van der Waals surface area contributed by atoms with Crippen LogP contribution < -0.4 is 5.32 Å². The summed E-state index contributed by atoms with van der Waals surface area (Å²) in [7, 11) is 0. The van der Waals surface area contributed by atoms with Crippen LogP contribution in [0.25, 0.3) is 0 Å². The number of aliphatic hydroxyl groups is 11. The number of hydrogen-bond donors (Lipinski definition) is 12. The van der Waals surface area contributed by atoms with Crippen LogP contribution in [0.5, 0.6) is 0 Å². The molecular formula is C67H121NO18. The van der Waals surface area contributed by atoms with Crippen molar-refractivity contribution in [1.82, 2.24) is 5.32 Å². The highest BCUT2D eigenvalue weighted by Gasteiger charge is 2.53. The zero-order valence-corrected chi connectivity index (χ0v) is 52.8. The number of hydrogen-bond acceptors (Lipinski definition) is 18. The molecule has 17 unspecified atom stereocenters. The summed E-state index contributed by atoms with van der Waals surface area (Å²) < 4.78 is 34.3. The highest BCUT2D eigenvalue weighted by Crippen LogP contribution is 2.33. The molecule has 86 heavy (non-hydrogen) atoms. The topological polar surface area (TPSA) is 307 Å². The Morgan fingerprint density at radius 2 is 0.744 bits per heavy atom. The van der Waals surface area contributed by atoms with Crippen molar-refractivity contribution >= 4 is 5.91 Å². The largest absolute Gasteiger partial charge is 0.394 e. The number of carbonyl (C=O) groups is 1. The number of rotatable bonds is 51. The molecular weight excluding hydrogens is 1110 g/mol. The predicted molar refractivity (Wildman–Crippen MR) is 332 cm³/mol. The Bertz CT molecular complexity index is 1750. The minimum absolute atomic E-state index is 0.229. The number of unbranched alkanes of at least 4 members (excludes halogenated alkanes) is 29. The third-order valence-electron chi connectivity index (χ3n) is 16.8. The fourth-order valence-corrected chi connectivity index (χ4v) is 11.3.